The maximum atomic E-state index is 12.1. The molecule has 0 unspecified atom stereocenters. The second-order valence-electron chi connectivity index (χ2n) is 6.08. The molecule has 3 rings (SSSR count). The lowest BCUT2D eigenvalue weighted by Gasteiger charge is -2.31. The van der Waals surface area contributed by atoms with E-state index >= 15 is 0 Å². The predicted molar refractivity (Wildman–Crippen MR) is 95.4 cm³/mol. The Morgan fingerprint density at radius 1 is 1.40 bits per heavy atom. The molecule has 1 aromatic heterocycles. The highest BCUT2D eigenvalue weighted by atomic mass is 16.5. The number of nitrogens with zero attached hydrogens (tertiary/aromatic N) is 2. The number of carbonyl (C=O) groups excluding carboxylic acids is 1. The first-order chi connectivity index (χ1) is 12.2. The van der Waals surface area contributed by atoms with Gasteiger partial charge in [0.25, 0.3) is 0 Å². The minimum Gasteiger partial charge on any atom is -0.445 e. The molecule has 134 valence electrons. The minimum absolute atomic E-state index is 0.212. The third-order valence-electron chi connectivity index (χ3n) is 4.38. The van der Waals surface area contributed by atoms with Crippen LogP contribution in [-0.4, -0.2) is 55.3 Å². The third kappa shape index (κ3) is 5.04. The molecule has 0 bridgehead atoms. The van der Waals surface area contributed by atoms with Crippen LogP contribution in [0.3, 0.4) is 0 Å². The normalized spacial score (nSPS) is 15.9. The van der Waals surface area contributed by atoms with Crippen LogP contribution < -0.4 is 10.6 Å². The number of piperidine rings is 1. The summed E-state index contributed by atoms with van der Waals surface area (Å²) in [5.74, 6) is 0.531. The fraction of sp³-hybridized carbons (Fsp3) is 0.444. The van der Waals surface area contributed by atoms with Gasteiger partial charge in [0.2, 0.25) is 5.89 Å². The molecule has 2 aromatic rings. The molecular formula is C18H24N4O3. The Morgan fingerprint density at radius 2 is 2.24 bits per heavy atom. The number of hydrogen-bond acceptors (Lipinski definition) is 5. The Bertz CT molecular complexity index is 667. The highest BCUT2D eigenvalue weighted by Crippen LogP contribution is 2.20. The van der Waals surface area contributed by atoms with Crippen LogP contribution in [-0.2, 0) is 4.74 Å². The van der Waals surface area contributed by atoms with Crippen LogP contribution in [0.25, 0.3) is 11.5 Å². The van der Waals surface area contributed by atoms with Crippen molar-refractivity contribution >= 4 is 11.7 Å². The van der Waals surface area contributed by atoms with Gasteiger partial charge in [0.1, 0.15) is 6.26 Å². The summed E-state index contributed by atoms with van der Waals surface area (Å²) in [6, 6.07) is 7.20. The van der Waals surface area contributed by atoms with E-state index in [2.05, 4.69) is 20.5 Å². The van der Waals surface area contributed by atoms with Crippen molar-refractivity contribution in [3.05, 3.63) is 36.7 Å². The van der Waals surface area contributed by atoms with Crippen LogP contribution in [0.5, 0.6) is 0 Å². The Labute approximate surface area is 147 Å². The van der Waals surface area contributed by atoms with Crippen molar-refractivity contribution in [2.24, 2.45) is 0 Å². The number of hydrogen-bond donors (Lipinski definition) is 2. The zero-order valence-corrected chi connectivity index (χ0v) is 14.4. The second kappa shape index (κ2) is 8.64. The number of oxazole rings is 1. The summed E-state index contributed by atoms with van der Waals surface area (Å²) in [5, 5.41) is 5.74. The number of nitrogens with one attached hydrogen (secondary N) is 2. The van der Waals surface area contributed by atoms with Gasteiger partial charge in [-0.15, -0.1) is 0 Å². The van der Waals surface area contributed by atoms with Crippen molar-refractivity contribution in [3.8, 4) is 11.5 Å². The summed E-state index contributed by atoms with van der Waals surface area (Å²) < 4.78 is 10.6. The highest BCUT2D eigenvalue weighted by molar-refractivity contribution is 5.89. The topological polar surface area (TPSA) is 79.6 Å². The Balaban J connectivity index is 1.42. The molecule has 2 heterocycles. The van der Waals surface area contributed by atoms with Crippen molar-refractivity contribution < 1.29 is 13.9 Å². The van der Waals surface area contributed by atoms with E-state index in [-0.39, 0.29) is 6.03 Å². The van der Waals surface area contributed by atoms with Crippen LogP contribution >= 0.6 is 0 Å². The van der Waals surface area contributed by atoms with Crippen LogP contribution in [0.15, 0.2) is 41.1 Å². The summed E-state index contributed by atoms with van der Waals surface area (Å²) in [6.07, 6.45) is 5.60. The van der Waals surface area contributed by atoms with E-state index < -0.39 is 0 Å². The molecule has 1 aliphatic rings. The first kappa shape index (κ1) is 17.4. The van der Waals surface area contributed by atoms with Crippen molar-refractivity contribution in [2.75, 3.05) is 38.6 Å². The molecule has 25 heavy (non-hydrogen) atoms. The Morgan fingerprint density at radius 3 is 2.96 bits per heavy atom. The molecule has 2 amide bonds. The van der Waals surface area contributed by atoms with Crippen LogP contribution in [0, 0.1) is 0 Å². The smallest absolute Gasteiger partial charge is 0.319 e. The van der Waals surface area contributed by atoms with Gasteiger partial charge >= 0.3 is 6.03 Å². The number of likely N-dealkylation sites (tertiary alicyclic amines) is 1. The van der Waals surface area contributed by atoms with E-state index in [1.165, 1.54) is 6.26 Å². The first-order valence-electron chi connectivity index (χ1n) is 8.54. The minimum atomic E-state index is -0.212. The predicted octanol–water partition coefficient (Wildman–Crippen LogP) is 2.57. The van der Waals surface area contributed by atoms with Gasteiger partial charge in [-0.05, 0) is 31.0 Å². The van der Waals surface area contributed by atoms with Gasteiger partial charge in [-0.1, -0.05) is 6.07 Å². The molecule has 7 nitrogen and oxygen atoms in total. The van der Waals surface area contributed by atoms with E-state index in [1.54, 1.807) is 13.3 Å². The van der Waals surface area contributed by atoms with Crippen LogP contribution in [0.4, 0.5) is 10.5 Å². The van der Waals surface area contributed by atoms with E-state index in [0.717, 1.165) is 38.0 Å². The molecule has 0 spiro atoms. The number of ether oxygens (including phenoxy) is 1. The van der Waals surface area contributed by atoms with Gasteiger partial charge in [0.15, 0.2) is 0 Å². The number of urea groups is 1. The number of rotatable bonds is 6. The summed E-state index contributed by atoms with van der Waals surface area (Å²) in [4.78, 5) is 18.5. The molecule has 1 fully saturated rings. The molecule has 0 radical (unpaired) electrons. The van der Waals surface area contributed by atoms with Crippen molar-refractivity contribution in [2.45, 2.75) is 18.9 Å². The SMILES string of the molecule is COC1CCN(CCNC(=O)Nc2cccc(-c3ncco3)c2)CC1. The van der Waals surface area contributed by atoms with Crippen LogP contribution in [0.2, 0.25) is 0 Å². The third-order valence-corrected chi connectivity index (χ3v) is 4.38. The van der Waals surface area contributed by atoms with Gasteiger partial charge in [0.05, 0.1) is 12.3 Å². The lowest BCUT2D eigenvalue weighted by Crippen LogP contribution is -2.42. The second-order valence-corrected chi connectivity index (χ2v) is 6.08. The monoisotopic (exact) mass is 344 g/mol. The van der Waals surface area contributed by atoms with E-state index in [9.17, 15) is 4.79 Å². The largest absolute Gasteiger partial charge is 0.445 e. The molecule has 0 saturated carbocycles. The lowest BCUT2D eigenvalue weighted by atomic mass is 10.1. The quantitative estimate of drug-likeness (QED) is 0.842. The number of benzene rings is 1. The average Bonchev–Trinajstić information content (AvgIpc) is 3.17. The average molecular weight is 344 g/mol. The molecule has 0 aliphatic carbocycles. The molecule has 2 N–H and O–H groups in total. The molecule has 1 aliphatic heterocycles. The van der Waals surface area contributed by atoms with Gasteiger partial charge in [-0.3, -0.25) is 0 Å². The van der Waals surface area contributed by atoms with Gasteiger partial charge in [0, 0.05) is 44.5 Å². The maximum absolute atomic E-state index is 12.1. The molecule has 1 aromatic carbocycles. The fourth-order valence-electron chi connectivity index (χ4n) is 2.97. The van der Waals surface area contributed by atoms with Gasteiger partial charge in [-0.2, -0.15) is 0 Å². The van der Waals surface area contributed by atoms with E-state index in [0.29, 0.717) is 24.2 Å². The molecule has 7 heteroatoms. The summed E-state index contributed by atoms with van der Waals surface area (Å²) in [7, 11) is 1.77. The van der Waals surface area contributed by atoms with Crippen molar-refractivity contribution in [1.82, 2.24) is 15.2 Å². The van der Waals surface area contributed by atoms with Crippen molar-refractivity contribution in [3.63, 3.8) is 0 Å². The first-order valence-corrected chi connectivity index (χ1v) is 8.54. The van der Waals surface area contributed by atoms with E-state index in [4.69, 9.17) is 9.15 Å². The highest BCUT2D eigenvalue weighted by Gasteiger charge is 2.18. The van der Waals surface area contributed by atoms with Gasteiger partial charge < -0.3 is 24.7 Å². The number of carbonyl (C=O) groups is 1. The summed E-state index contributed by atoms with van der Waals surface area (Å²) >= 11 is 0. The van der Waals surface area contributed by atoms with Crippen molar-refractivity contribution in [1.29, 1.82) is 0 Å². The Kier molecular flexibility index (Phi) is 6.03. The molecule has 0 atom stereocenters. The zero-order valence-electron chi connectivity index (χ0n) is 14.4. The summed E-state index contributed by atoms with van der Waals surface area (Å²) in [5.41, 5.74) is 1.53. The maximum Gasteiger partial charge on any atom is 0.319 e. The van der Waals surface area contributed by atoms with Crippen LogP contribution in [0.1, 0.15) is 12.8 Å². The zero-order chi connectivity index (χ0) is 17.5. The number of anilines is 1. The standard InChI is InChI=1S/C18H24N4O3/c1-24-16-5-9-22(10-6-16)11-7-20-18(23)21-15-4-2-3-14(13-15)17-19-8-12-25-17/h2-4,8,12-13,16H,5-7,9-11H2,1H3,(H2,20,21,23). The number of amides is 2. The van der Waals surface area contributed by atoms with Gasteiger partial charge in [-0.25, -0.2) is 9.78 Å². The fourth-order valence-corrected chi connectivity index (χ4v) is 2.97. The molecular weight excluding hydrogens is 320 g/mol. The lowest BCUT2D eigenvalue weighted by molar-refractivity contribution is 0.0417. The molecule has 1 saturated heterocycles. The number of aromatic nitrogens is 1. The Hall–Kier alpha value is -2.38. The summed E-state index contributed by atoms with van der Waals surface area (Å²) in [6.45, 7) is 3.49. The number of methoxy groups -OCH3 is 1. The van der Waals surface area contributed by atoms with E-state index in [1.807, 2.05) is 24.3 Å².